The molecule has 1 N–H and O–H groups in total. The van der Waals surface area contributed by atoms with E-state index in [-0.39, 0.29) is 5.56 Å². The molecular formula is C12H12F2N2. The van der Waals surface area contributed by atoms with Gasteiger partial charge in [0.1, 0.15) is 6.04 Å². The Balaban J connectivity index is 2.16. The van der Waals surface area contributed by atoms with E-state index in [4.69, 9.17) is 5.26 Å². The molecule has 0 aliphatic heterocycles. The number of nitrogens with one attached hydrogen (secondary N) is 1. The van der Waals surface area contributed by atoms with Crippen LogP contribution in [0.3, 0.4) is 0 Å². The zero-order valence-corrected chi connectivity index (χ0v) is 8.66. The van der Waals surface area contributed by atoms with Crippen molar-refractivity contribution in [3.63, 3.8) is 0 Å². The van der Waals surface area contributed by atoms with Crippen LogP contribution in [0.1, 0.15) is 36.4 Å². The Morgan fingerprint density at radius 1 is 1.31 bits per heavy atom. The van der Waals surface area contributed by atoms with Gasteiger partial charge in [0.25, 0.3) is 6.43 Å². The highest BCUT2D eigenvalue weighted by atomic mass is 19.3. The lowest BCUT2D eigenvalue weighted by atomic mass is 10.0. The van der Waals surface area contributed by atoms with Crippen molar-refractivity contribution in [3.05, 3.63) is 35.4 Å². The van der Waals surface area contributed by atoms with E-state index in [9.17, 15) is 8.78 Å². The predicted octanol–water partition coefficient (Wildman–Crippen LogP) is 2.94. The summed E-state index contributed by atoms with van der Waals surface area (Å²) in [4.78, 5) is 0. The van der Waals surface area contributed by atoms with Crippen molar-refractivity contribution < 1.29 is 8.78 Å². The van der Waals surface area contributed by atoms with Gasteiger partial charge >= 0.3 is 0 Å². The average molecular weight is 222 g/mol. The maximum atomic E-state index is 12.5. The Bertz CT molecular complexity index is 408. The van der Waals surface area contributed by atoms with Crippen molar-refractivity contribution in [2.45, 2.75) is 31.4 Å². The molecule has 0 heterocycles. The van der Waals surface area contributed by atoms with Crippen molar-refractivity contribution in [1.29, 1.82) is 5.26 Å². The molecule has 2 nitrogen and oxygen atoms in total. The molecule has 0 aromatic heterocycles. The SMILES string of the molecule is N#CC(NC1CC1)c1cccc(C(F)F)c1. The van der Waals surface area contributed by atoms with Gasteiger partial charge in [0.05, 0.1) is 6.07 Å². The molecule has 1 aliphatic rings. The number of nitrogens with zero attached hydrogens (tertiary/aromatic N) is 1. The molecule has 1 unspecified atom stereocenters. The summed E-state index contributed by atoms with van der Waals surface area (Å²) in [6.07, 6.45) is -0.361. The topological polar surface area (TPSA) is 35.8 Å². The first-order chi connectivity index (χ1) is 7.70. The van der Waals surface area contributed by atoms with E-state index in [1.165, 1.54) is 12.1 Å². The summed E-state index contributed by atoms with van der Waals surface area (Å²) >= 11 is 0. The minimum atomic E-state index is -2.49. The highest BCUT2D eigenvalue weighted by molar-refractivity contribution is 5.30. The molecule has 4 heteroatoms. The monoisotopic (exact) mass is 222 g/mol. The molecule has 2 rings (SSSR count). The fourth-order valence-corrected chi connectivity index (χ4v) is 1.57. The largest absolute Gasteiger partial charge is 0.295 e. The molecule has 1 aromatic carbocycles. The second-order valence-corrected chi connectivity index (χ2v) is 3.97. The molecule has 1 atom stereocenters. The van der Waals surface area contributed by atoms with Gasteiger partial charge in [-0.05, 0) is 24.5 Å². The van der Waals surface area contributed by atoms with Gasteiger partial charge in [-0.1, -0.05) is 18.2 Å². The summed E-state index contributed by atoms with van der Waals surface area (Å²) in [5.41, 5.74) is 0.586. The summed E-state index contributed by atoms with van der Waals surface area (Å²) in [5.74, 6) is 0. The summed E-state index contributed by atoms with van der Waals surface area (Å²) in [7, 11) is 0. The van der Waals surface area contributed by atoms with Crippen LogP contribution < -0.4 is 5.32 Å². The fraction of sp³-hybridized carbons (Fsp3) is 0.417. The van der Waals surface area contributed by atoms with Crippen molar-refractivity contribution in [1.82, 2.24) is 5.32 Å². The first-order valence-corrected chi connectivity index (χ1v) is 5.24. The Labute approximate surface area is 92.9 Å². The summed E-state index contributed by atoms with van der Waals surface area (Å²) < 4.78 is 25.0. The van der Waals surface area contributed by atoms with E-state index in [2.05, 4.69) is 11.4 Å². The van der Waals surface area contributed by atoms with Crippen LogP contribution in [-0.4, -0.2) is 6.04 Å². The maximum Gasteiger partial charge on any atom is 0.263 e. The number of hydrogen-bond donors (Lipinski definition) is 1. The zero-order valence-electron chi connectivity index (χ0n) is 8.66. The number of benzene rings is 1. The van der Waals surface area contributed by atoms with Crippen LogP contribution in [0.4, 0.5) is 8.78 Å². The first kappa shape index (κ1) is 11.0. The van der Waals surface area contributed by atoms with Crippen LogP contribution in [0.5, 0.6) is 0 Å². The summed E-state index contributed by atoms with van der Waals surface area (Å²) in [6, 6.07) is 8.03. The molecule has 0 radical (unpaired) electrons. The molecule has 1 saturated carbocycles. The Morgan fingerprint density at radius 3 is 2.56 bits per heavy atom. The molecule has 1 fully saturated rings. The van der Waals surface area contributed by atoms with E-state index in [1.54, 1.807) is 12.1 Å². The van der Waals surface area contributed by atoms with Gasteiger partial charge in [-0.25, -0.2) is 8.78 Å². The number of rotatable bonds is 4. The Kier molecular flexibility index (Phi) is 3.16. The average Bonchev–Trinajstić information content (AvgIpc) is 3.10. The van der Waals surface area contributed by atoms with Gasteiger partial charge in [0.15, 0.2) is 0 Å². The van der Waals surface area contributed by atoms with Crippen molar-refractivity contribution in [2.24, 2.45) is 0 Å². The smallest absolute Gasteiger partial charge is 0.263 e. The lowest BCUT2D eigenvalue weighted by Gasteiger charge is -2.12. The third-order valence-electron chi connectivity index (χ3n) is 2.60. The Hall–Kier alpha value is -1.47. The summed E-state index contributed by atoms with van der Waals surface area (Å²) in [6.45, 7) is 0. The highest BCUT2D eigenvalue weighted by Gasteiger charge is 2.25. The predicted molar refractivity (Wildman–Crippen MR) is 55.9 cm³/mol. The van der Waals surface area contributed by atoms with Gasteiger partial charge in [0.2, 0.25) is 0 Å². The molecule has 16 heavy (non-hydrogen) atoms. The third kappa shape index (κ3) is 2.56. The van der Waals surface area contributed by atoms with Crippen LogP contribution in [0, 0.1) is 11.3 Å². The van der Waals surface area contributed by atoms with E-state index >= 15 is 0 Å². The second-order valence-electron chi connectivity index (χ2n) is 3.97. The molecule has 0 bridgehead atoms. The molecule has 84 valence electrons. The molecule has 0 amide bonds. The zero-order chi connectivity index (χ0) is 11.5. The number of hydrogen-bond acceptors (Lipinski definition) is 2. The van der Waals surface area contributed by atoms with Crippen molar-refractivity contribution in [3.8, 4) is 6.07 Å². The maximum absolute atomic E-state index is 12.5. The van der Waals surface area contributed by atoms with Crippen LogP contribution >= 0.6 is 0 Å². The molecule has 0 saturated heterocycles. The van der Waals surface area contributed by atoms with Crippen molar-refractivity contribution in [2.75, 3.05) is 0 Å². The van der Waals surface area contributed by atoms with Gasteiger partial charge in [-0.3, -0.25) is 5.32 Å². The van der Waals surface area contributed by atoms with Crippen LogP contribution in [0.15, 0.2) is 24.3 Å². The number of halogens is 2. The van der Waals surface area contributed by atoms with E-state index < -0.39 is 12.5 Å². The Morgan fingerprint density at radius 2 is 2.00 bits per heavy atom. The van der Waals surface area contributed by atoms with Gasteiger partial charge in [0, 0.05) is 11.6 Å². The first-order valence-electron chi connectivity index (χ1n) is 5.24. The standard InChI is InChI=1S/C12H12F2N2/c13-12(14)9-3-1-2-8(6-9)11(7-15)16-10-4-5-10/h1-3,6,10-12,16H,4-5H2. The van der Waals surface area contributed by atoms with Gasteiger partial charge in [-0.2, -0.15) is 5.26 Å². The highest BCUT2D eigenvalue weighted by Crippen LogP contribution is 2.26. The fourth-order valence-electron chi connectivity index (χ4n) is 1.57. The van der Waals surface area contributed by atoms with Crippen LogP contribution in [-0.2, 0) is 0 Å². The lowest BCUT2D eigenvalue weighted by molar-refractivity contribution is 0.151. The molecule has 0 spiro atoms. The quantitative estimate of drug-likeness (QED) is 0.850. The minimum absolute atomic E-state index is 0.0321. The molecule has 1 aromatic rings. The van der Waals surface area contributed by atoms with E-state index in [1.807, 2.05) is 0 Å². The van der Waals surface area contributed by atoms with E-state index in [0.29, 0.717) is 11.6 Å². The van der Waals surface area contributed by atoms with Crippen LogP contribution in [0.2, 0.25) is 0 Å². The lowest BCUT2D eigenvalue weighted by Crippen LogP contribution is -2.22. The second kappa shape index (κ2) is 4.58. The molecule has 1 aliphatic carbocycles. The number of alkyl halides is 2. The summed E-state index contributed by atoms with van der Waals surface area (Å²) in [5, 5.41) is 12.1. The normalized spacial score (nSPS) is 17.1. The minimum Gasteiger partial charge on any atom is -0.295 e. The van der Waals surface area contributed by atoms with E-state index in [0.717, 1.165) is 12.8 Å². The van der Waals surface area contributed by atoms with Gasteiger partial charge in [-0.15, -0.1) is 0 Å². The number of nitriles is 1. The van der Waals surface area contributed by atoms with Gasteiger partial charge < -0.3 is 0 Å². The molecular weight excluding hydrogens is 210 g/mol. The van der Waals surface area contributed by atoms with Crippen LogP contribution in [0.25, 0.3) is 0 Å². The third-order valence-corrected chi connectivity index (χ3v) is 2.60. The van der Waals surface area contributed by atoms with Crippen molar-refractivity contribution >= 4 is 0 Å².